The van der Waals surface area contributed by atoms with Gasteiger partial charge in [0.1, 0.15) is 0 Å². The molecule has 0 spiro atoms. The van der Waals surface area contributed by atoms with Crippen molar-refractivity contribution in [1.82, 2.24) is 9.97 Å². The average molecular weight is 460 g/mol. The summed E-state index contributed by atoms with van der Waals surface area (Å²) in [6, 6.07) is 11.4. The number of rotatable bonds is 5. The number of piperidine rings is 1. The molecular weight excluding hydrogens is 437 g/mol. The highest BCUT2D eigenvalue weighted by Crippen LogP contribution is 2.37. The van der Waals surface area contributed by atoms with E-state index < -0.39 is 17.8 Å². The van der Waals surface area contributed by atoms with Gasteiger partial charge in [-0.15, -0.1) is 0 Å². The molecule has 4 rings (SSSR count). The molecule has 0 bridgehead atoms. The number of anilines is 2. The van der Waals surface area contributed by atoms with Crippen molar-refractivity contribution in [3.8, 4) is 11.5 Å². The van der Waals surface area contributed by atoms with E-state index in [-0.39, 0.29) is 23.8 Å². The third-order valence-electron chi connectivity index (χ3n) is 5.56. The number of amides is 1. The molecule has 174 valence electrons. The van der Waals surface area contributed by atoms with Crippen molar-refractivity contribution in [3.63, 3.8) is 0 Å². The standard InChI is InChI=1S/C23H23F3N4O3/c1-32-18-10-9-15(12-19(18)33-2)27-22(31)14-6-5-11-30(13-14)21-20(23(24,25)26)28-16-7-3-4-8-17(16)29-21/h3-4,7-10,12,14H,5-6,11,13H2,1-2H3,(H,27,31)/t14-/m1/s1. The van der Waals surface area contributed by atoms with Crippen LogP contribution in [0, 0.1) is 5.92 Å². The van der Waals surface area contributed by atoms with E-state index in [1.54, 1.807) is 36.4 Å². The van der Waals surface area contributed by atoms with Crippen LogP contribution in [0.2, 0.25) is 0 Å². The van der Waals surface area contributed by atoms with Gasteiger partial charge in [-0.3, -0.25) is 4.79 Å². The van der Waals surface area contributed by atoms with Gasteiger partial charge in [0, 0.05) is 24.8 Å². The summed E-state index contributed by atoms with van der Waals surface area (Å²) in [5.74, 6) is -0.0593. The molecule has 0 radical (unpaired) electrons. The van der Waals surface area contributed by atoms with Gasteiger partial charge in [0.05, 0.1) is 31.2 Å². The van der Waals surface area contributed by atoms with Crippen LogP contribution in [0.1, 0.15) is 18.5 Å². The van der Waals surface area contributed by atoms with E-state index in [9.17, 15) is 18.0 Å². The number of halogens is 3. The summed E-state index contributed by atoms with van der Waals surface area (Å²) >= 11 is 0. The third-order valence-corrected chi connectivity index (χ3v) is 5.56. The van der Waals surface area contributed by atoms with E-state index in [1.807, 2.05) is 0 Å². The molecule has 0 saturated carbocycles. The topological polar surface area (TPSA) is 76.6 Å². The Bertz CT molecular complexity index is 1170. The van der Waals surface area contributed by atoms with E-state index >= 15 is 0 Å². The van der Waals surface area contributed by atoms with Crippen LogP contribution in [0.15, 0.2) is 42.5 Å². The number of hydrogen-bond acceptors (Lipinski definition) is 6. The number of hydrogen-bond donors (Lipinski definition) is 1. The molecule has 2 heterocycles. The Hall–Kier alpha value is -3.56. The Balaban J connectivity index is 1.57. The molecule has 7 nitrogen and oxygen atoms in total. The number of carbonyl (C=O) groups is 1. The van der Waals surface area contributed by atoms with Crippen molar-refractivity contribution < 1.29 is 27.4 Å². The zero-order chi connectivity index (χ0) is 23.6. The number of aromatic nitrogens is 2. The van der Waals surface area contributed by atoms with Gasteiger partial charge in [0.15, 0.2) is 23.0 Å². The van der Waals surface area contributed by atoms with Gasteiger partial charge in [-0.2, -0.15) is 13.2 Å². The summed E-state index contributed by atoms with van der Waals surface area (Å²) in [4.78, 5) is 22.5. The quantitative estimate of drug-likeness (QED) is 0.603. The predicted octanol–water partition coefficient (Wildman–Crippen LogP) is 4.52. The summed E-state index contributed by atoms with van der Waals surface area (Å²) in [5.41, 5.74) is 0.0177. The molecule has 1 atom stereocenters. The van der Waals surface area contributed by atoms with Crippen molar-refractivity contribution >= 4 is 28.4 Å². The van der Waals surface area contributed by atoms with Crippen LogP contribution in [0.4, 0.5) is 24.7 Å². The van der Waals surface area contributed by atoms with Crippen LogP contribution >= 0.6 is 0 Å². The number of fused-ring (bicyclic) bond motifs is 1. The number of ether oxygens (including phenoxy) is 2. The fourth-order valence-corrected chi connectivity index (χ4v) is 3.94. The molecule has 1 aliphatic rings. The lowest BCUT2D eigenvalue weighted by atomic mass is 9.96. The summed E-state index contributed by atoms with van der Waals surface area (Å²) < 4.78 is 51.8. The molecule has 0 unspecified atom stereocenters. The highest BCUT2D eigenvalue weighted by Gasteiger charge is 2.40. The molecule has 1 aliphatic heterocycles. The first-order valence-corrected chi connectivity index (χ1v) is 10.4. The minimum Gasteiger partial charge on any atom is -0.493 e. The Labute approximate surface area is 188 Å². The second kappa shape index (κ2) is 9.13. The minimum absolute atomic E-state index is 0.106. The molecule has 33 heavy (non-hydrogen) atoms. The van der Waals surface area contributed by atoms with Crippen LogP contribution in [0.25, 0.3) is 11.0 Å². The number of alkyl halides is 3. The first kappa shape index (κ1) is 22.6. The minimum atomic E-state index is -4.67. The lowest BCUT2D eigenvalue weighted by Crippen LogP contribution is -2.42. The van der Waals surface area contributed by atoms with E-state index in [1.165, 1.54) is 25.2 Å². The number of carbonyl (C=O) groups excluding carboxylic acids is 1. The van der Waals surface area contributed by atoms with Gasteiger partial charge >= 0.3 is 6.18 Å². The van der Waals surface area contributed by atoms with Gasteiger partial charge in [0.25, 0.3) is 0 Å². The van der Waals surface area contributed by atoms with Crippen LogP contribution in [-0.2, 0) is 11.0 Å². The predicted molar refractivity (Wildman–Crippen MR) is 118 cm³/mol. The van der Waals surface area contributed by atoms with E-state index in [0.717, 1.165) is 0 Å². The van der Waals surface area contributed by atoms with E-state index in [2.05, 4.69) is 15.3 Å². The SMILES string of the molecule is COc1ccc(NC(=O)[C@@H]2CCCN(c3nc4ccccc4nc3C(F)(F)F)C2)cc1OC. The molecule has 3 aromatic rings. The highest BCUT2D eigenvalue weighted by molar-refractivity contribution is 5.93. The van der Waals surface area contributed by atoms with Gasteiger partial charge in [-0.25, -0.2) is 9.97 Å². The van der Waals surface area contributed by atoms with Crippen LogP contribution in [0.3, 0.4) is 0 Å². The van der Waals surface area contributed by atoms with Gasteiger partial charge in [-0.05, 0) is 37.1 Å². The van der Waals surface area contributed by atoms with Crippen molar-refractivity contribution in [2.75, 3.05) is 37.5 Å². The Morgan fingerprint density at radius 2 is 1.76 bits per heavy atom. The number of benzene rings is 2. The third kappa shape index (κ3) is 4.79. The van der Waals surface area contributed by atoms with E-state index in [4.69, 9.17) is 9.47 Å². The highest BCUT2D eigenvalue weighted by atomic mass is 19.4. The number of nitrogens with zero attached hydrogens (tertiary/aromatic N) is 3. The Morgan fingerprint density at radius 1 is 1.06 bits per heavy atom. The zero-order valence-electron chi connectivity index (χ0n) is 18.1. The number of nitrogens with one attached hydrogen (secondary N) is 1. The maximum atomic E-state index is 13.8. The molecule has 0 aliphatic carbocycles. The normalized spacial score (nSPS) is 16.5. The maximum Gasteiger partial charge on any atom is 0.437 e. The molecule has 2 aromatic carbocycles. The molecule has 10 heteroatoms. The summed E-state index contributed by atoms with van der Waals surface area (Å²) in [5, 5.41) is 2.82. The lowest BCUT2D eigenvalue weighted by molar-refractivity contribution is -0.140. The zero-order valence-corrected chi connectivity index (χ0v) is 18.1. The maximum absolute atomic E-state index is 13.8. The van der Waals surface area contributed by atoms with E-state index in [0.29, 0.717) is 42.1 Å². The molecule has 1 aromatic heterocycles. The largest absolute Gasteiger partial charge is 0.493 e. The van der Waals surface area contributed by atoms with Crippen LogP contribution in [-0.4, -0.2) is 43.2 Å². The smallest absolute Gasteiger partial charge is 0.437 e. The van der Waals surface area contributed by atoms with Crippen LogP contribution in [0.5, 0.6) is 11.5 Å². The number of methoxy groups -OCH3 is 2. The monoisotopic (exact) mass is 460 g/mol. The molecule has 1 fully saturated rings. The van der Waals surface area contributed by atoms with Crippen molar-refractivity contribution in [2.45, 2.75) is 19.0 Å². The first-order valence-electron chi connectivity index (χ1n) is 10.4. The Kier molecular flexibility index (Phi) is 6.26. The first-order chi connectivity index (χ1) is 15.8. The van der Waals surface area contributed by atoms with Crippen molar-refractivity contribution in [2.24, 2.45) is 5.92 Å². The second-order valence-electron chi connectivity index (χ2n) is 7.73. The Morgan fingerprint density at radius 3 is 2.42 bits per heavy atom. The number of para-hydroxylation sites is 2. The fourth-order valence-electron chi connectivity index (χ4n) is 3.94. The van der Waals surface area contributed by atoms with Gasteiger partial charge in [-0.1, -0.05) is 12.1 Å². The van der Waals surface area contributed by atoms with Gasteiger partial charge < -0.3 is 19.7 Å². The summed E-state index contributed by atoms with van der Waals surface area (Å²) in [6.45, 7) is 0.464. The molecule has 1 N–H and O–H groups in total. The molecule has 1 amide bonds. The van der Waals surface area contributed by atoms with Crippen LogP contribution < -0.4 is 19.7 Å². The van der Waals surface area contributed by atoms with Gasteiger partial charge in [0.2, 0.25) is 5.91 Å². The summed E-state index contributed by atoms with van der Waals surface area (Å²) in [7, 11) is 3.00. The fraction of sp³-hybridized carbons (Fsp3) is 0.348. The molecule has 1 saturated heterocycles. The van der Waals surface area contributed by atoms with Crippen molar-refractivity contribution in [3.05, 3.63) is 48.2 Å². The molecular formula is C23H23F3N4O3. The lowest BCUT2D eigenvalue weighted by Gasteiger charge is -2.34. The van der Waals surface area contributed by atoms with Crippen molar-refractivity contribution in [1.29, 1.82) is 0 Å². The summed E-state index contributed by atoms with van der Waals surface area (Å²) in [6.07, 6.45) is -3.56. The second-order valence-corrected chi connectivity index (χ2v) is 7.73. The average Bonchev–Trinajstić information content (AvgIpc) is 2.82.